The fraction of sp³-hybridized carbons (Fsp3) is 0.423. The summed E-state index contributed by atoms with van der Waals surface area (Å²) in [6.07, 6.45) is -5.04. The van der Waals surface area contributed by atoms with Crippen LogP contribution in [0.15, 0.2) is 133 Å². The normalized spacial score (nSPS) is 30.7. The van der Waals surface area contributed by atoms with E-state index in [9.17, 15) is 24.6 Å². The molecule has 64 heavy (non-hydrogen) atoms. The van der Waals surface area contributed by atoms with E-state index >= 15 is 4.79 Å². The van der Waals surface area contributed by atoms with Gasteiger partial charge in [0.25, 0.3) is 0 Å². The molecule has 1 saturated heterocycles. The standard InChI is InChI=1S/C52H58O11Si/c1-33-40(55)28-52(58)47(61-48(57)39-25-17-10-18-26-39)45-50(6,46(56)44(60-34(2)53)43(33)49(52,4)5)41(27-42-51(45,32-59-42)62-35(3)54)63-64(29-36-19-11-7-12-20-36,30-37-21-13-8-14-22-37)31-38-23-15-9-16-24-38/h7-26,33,40-42,45,47,55,58H,27-32H2,1-6H3/t33?,40-,41-,42+,45?,47-,50+,51-,52+/m0/s1. The Bertz CT molecular complexity index is 2310. The van der Waals surface area contributed by atoms with Crippen molar-refractivity contribution < 1.29 is 52.8 Å². The first-order valence-corrected chi connectivity index (χ1v) is 24.7. The summed E-state index contributed by atoms with van der Waals surface area (Å²) in [6, 6.07) is 40.2. The maximum absolute atomic E-state index is 16.4. The van der Waals surface area contributed by atoms with Gasteiger partial charge in [-0.2, -0.15) is 0 Å². The van der Waals surface area contributed by atoms with Crippen LogP contribution in [0.3, 0.4) is 0 Å². The molecule has 3 fully saturated rings. The smallest absolute Gasteiger partial charge is 0.338 e. The molecule has 9 atom stereocenters. The molecule has 4 aromatic carbocycles. The number of ether oxygens (including phenoxy) is 4. The Morgan fingerprint density at radius 2 is 1.27 bits per heavy atom. The second-order valence-electron chi connectivity index (χ2n) is 19.1. The van der Waals surface area contributed by atoms with Crippen LogP contribution in [0.2, 0.25) is 0 Å². The van der Waals surface area contributed by atoms with Crippen LogP contribution in [0.25, 0.3) is 0 Å². The molecule has 3 aliphatic carbocycles. The van der Waals surface area contributed by atoms with E-state index in [-0.39, 0.29) is 36.3 Å². The molecule has 0 radical (unpaired) electrons. The zero-order chi connectivity index (χ0) is 45.7. The zero-order valence-corrected chi connectivity index (χ0v) is 38.3. The SMILES string of the molecule is CC(=O)OC1=C2C(C)[C@@H](O)C[C@@](O)([C@@H](OC(=O)c3ccccc3)C3[C@](C)(C1=O)[C@@H](O[Si](Cc1ccccc1)(Cc1ccccc1)Cc1ccccc1)C[C@H]1OC[C@@]31OC(C)=O)C2(C)C. The number of allylic oxidation sites excluding steroid dienone is 1. The van der Waals surface area contributed by atoms with Gasteiger partial charge >= 0.3 is 17.9 Å². The van der Waals surface area contributed by atoms with Gasteiger partial charge in [-0.15, -0.1) is 0 Å². The molecule has 0 amide bonds. The number of benzene rings is 4. The number of aliphatic hydroxyl groups excluding tert-OH is 1. The molecule has 1 aliphatic heterocycles. The fourth-order valence-corrected chi connectivity index (χ4v) is 16.1. The van der Waals surface area contributed by atoms with Gasteiger partial charge in [-0.25, -0.2) is 4.79 Å². The van der Waals surface area contributed by atoms with Crippen LogP contribution in [0.5, 0.6) is 0 Å². The fourth-order valence-electron chi connectivity index (χ4n) is 11.6. The van der Waals surface area contributed by atoms with Crippen LogP contribution in [-0.2, 0) is 55.9 Å². The summed E-state index contributed by atoms with van der Waals surface area (Å²) in [6.45, 7) is 9.13. The second kappa shape index (κ2) is 17.3. The number of hydrogen-bond acceptors (Lipinski definition) is 11. The average Bonchev–Trinajstić information content (AvgIpc) is 3.25. The number of carbonyl (C=O) groups is 4. The molecule has 11 nitrogen and oxygen atoms in total. The summed E-state index contributed by atoms with van der Waals surface area (Å²) < 4.78 is 33.5. The van der Waals surface area contributed by atoms with E-state index in [0.717, 1.165) is 16.7 Å². The van der Waals surface area contributed by atoms with Crippen molar-refractivity contribution in [1.29, 1.82) is 0 Å². The maximum atomic E-state index is 16.4. The minimum atomic E-state index is -3.28. The van der Waals surface area contributed by atoms with Gasteiger partial charge in [-0.3, -0.25) is 14.4 Å². The highest BCUT2D eigenvalue weighted by molar-refractivity contribution is 6.72. The third kappa shape index (κ3) is 7.87. The number of rotatable bonds is 12. The van der Waals surface area contributed by atoms with Crippen molar-refractivity contribution in [2.75, 3.05) is 6.61 Å². The van der Waals surface area contributed by atoms with Crippen molar-refractivity contribution in [3.63, 3.8) is 0 Å². The highest BCUT2D eigenvalue weighted by Crippen LogP contribution is 2.65. The quantitative estimate of drug-likeness (QED) is 0.0846. The minimum absolute atomic E-state index is 0.0706. The third-order valence-corrected chi connectivity index (χ3v) is 18.6. The number of Topliss-reactive ketones (excluding diaryl/α,β-unsaturated/α-hetero) is 1. The Morgan fingerprint density at radius 3 is 1.72 bits per heavy atom. The lowest BCUT2D eigenvalue weighted by molar-refractivity contribution is -0.344. The monoisotopic (exact) mass is 886 g/mol. The number of hydrogen-bond donors (Lipinski definition) is 2. The summed E-state index contributed by atoms with van der Waals surface area (Å²) in [5, 5.41) is 25.6. The topological polar surface area (TPSA) is 155 Å². The van der Waals surface area contributed by atoms with E-state index in [0.29, 0.717) is 18.1 Å². The summed E-state index contributed by atoms with van der Waals surface area (Å²) >= 11 is 0. The molecule has 2 saturated carbocycles. The van der Waals surface area contributed by atoms with E-state index in [1.54, 1.807) is 58.0 Å². The lowest BCUT2D eigenvalue weighted by Gasteiger charge is -2.68. The van der Waals surface area contributed by atoms with Gasteiger partial charge in [0.2, 0.25) is 14.1 Å². The Morgan fingerprint density at radius 1 is 0.766 bits per heavy atom. The Hall–Kier alpha value is -5.24. The van der Waals surface area contributed by atoms with Crippen LogP contribution in [0.4, 0.5) is 0 Å². The average molecular weight is 887 g/mol. The van der Waals surface area contributed by atoms with E-state index in [4.69, 9.17) is 23.4 Å². The number of ketones is 1. The molecule has 2 unspecified atom stereocenters. The van der Waals surface area contributed by atoms with Gasteiger partial charge in [0.1, 0.15) is 17.8 Å². The molecule has 4 aliphatic rings. The van der Waals surface area contributed by atoms with Crippen LogP contribution in [0.1, 0.15) is 81.4 Å². The molecule has 0 aromatic heterocycles. The van der Waals surface area contributed by atoms with Crippen LogP contribution >= 0.6 is 0 Å². The summed E-state index contributed by atoms with van der Waals surface area (Å²) in [7, 11) is -3.28. The van der Waals surface area contributed by atoms with Crippen molar-refractivity contribution in [2.45, 2.75) is 108 Å². The van der Waals surface area contributed by atoms with Crippen molar-refractivity contribution in [2.24, 2.45) is 22.7 Å². The Balaban J connectivity index is 1.42. The molecule has 1 heterocycles. The van der Waals surface area contributed by atoms with Crippen molar-refractivity contribution in [3.05, 3.63) is 155 Å². The molecule has 0 spiro atoms. The van der Waals surface area contributed by atoms with E-state index in [2.05, 4.69) is 36.4 Å². The summed E-state index contributed by atoms with van der Waals surface area (Å²) in [5.41, 5.74) is -3.59. The van der Waals surface area contributed by atoms with Crippen molar-refractivity contribution in [1.82, 2.24) is 0 Å². The highest BCUT2D eigenvalue weighted by atomic mass is 28.4. The van der Waals surface area contributed by atoms with Crippen molar-refractivity contribution in [3.8, 4) is 0 Å². The predicted octanol–water partition coefficient (Wildman–Crippen LogP) is 7.17. The van der Waals surface area contributed by atoms with Gasteiger partial charge in [0.15, 0.2) is 11.4 Å². The molecule has 2 bridgehead atoms. The summed E-state index contributed by atoms with van der Waals surface area (Å²) in [4.78, 5) is 57.7. The minimum Gasteiger partial charge on any atom is -0.455 e. The van der Waals surface area contributed by atoms with Gasteiger partial charge in [0.05, 0.1) is 35.7 Å². The molecule has 12 heteroatoms. The van der Waals surface area contributed by atoms with Crippen molar-refractivity contribution >= 4 is 32.0 Å². The number of fused-ring (bicyclic) bond motifs is 5. The molecular weight excluding hydrogens is 829 g/mol. The number of aliphatic hydroxyl groups is 2. The third-order valence-electron chi connectivity index (χ3n) is 14.7. The number of carbonyl (C=O) groups excluding carboxylic acids is 4. The molecule has 4 aromatic rings. The van der Waals surface area contributed by atoms with Gasteiger partial charge in [-0.05, 0) is 59.5 Å². The van der Waals surface area contributed by atoms with Crippen LogP contribution in [0, 0.1) is 22.7 Å². The van der Waals surface area contributed by atoms with Crippen LogP contribution < -0.4 is 0 Å². The predicted molar refractivity (Wildman–Crippen MR) is 239 cm³/mol. The first-order chi connectivity index (χ1) is 30.4. The van der Waals surface area contributed by atoms with Gasteiger partial charge in [0, 0.05) is 38.0 Å². The summed E-state index contributed by atoms with van der Waals surface area (Å²) in [5.74, 6) is -5.34. The van der Waals surface area contributed by atoms with E-state index < -0.39 is 90.3 Å². The zero-order valence-electron chi connectivity index (χ0n) is 37.3. The largest absolute Gasteiger partial charge is 0.455 e. The van der Waals surface area contributed by atoms with Gasteiger partial charge in [-0.1, -0.05) is 130 Å². The lowest BCUT2D eigenvalue weighted by Crippen LogP contribution is -2.81. The molecule has 336 valence electrons. The highest BCUT2D eigenvalue weighted by Gasteiger charge is 2.78. The molecular formula is C52H58O11Si. The Kier molecular flexibility index (Phi) is 12.2. The molecule has 2 N–H and O–H groups in total. The Labute approximate surface area is 375 Å². The first kappa shape index (κ1) is 45.3. The van der Waals surface area contributed by atoms with E-state index in [1.807, 2.05) is 54.6 Å². The van der Waals surface area contributed by atoms with Crippen LogP contribution in [-0.4, -0.2) is 84.4 Å². The lowest BCUT2D eigenvalue weighted by atomic mass is 9.45. The first-order valence-electron chi connectivity index (χ1n) is 22.2. The van der Waals surface area contributed by atoms with Gasteiger partial charge < -0.3 is 33.6 Å². The molecule has 8 rings (SSSR count). The number of esters is 3. The van der Waals surface area contributed by atoms with E-state index in [1.165, 1.54) is 13.8 Å². The second-order valence-corrected chi connectivity index (χ2v) is 22.8. The maximum Gasteiger partial charge on any atom is 0.338 e.